The number of hydrogen-bond donors (Lipinski definition) is 1. The van der Waals surface area contributed by atoms with Gasteiger partial charge in [-0.05, 0) is 29.4 Å². The maximum atomic E-state index is 10.9. The summed E-state index contributed by atoms with van der Waals surface area (Å²) in [7, 11) is 4.43. The zero-order valence-corrected chi connectivity index (χ0v) is 19.4. The molecule has 3 heteroatoms. The average Bonchev–Trinajstić information content (AvgIpc) is 2.49. The maximum Gasteiger partial charge on any atom is 0.182 e. The van der Waals surface area contributed by atoms with E-state index >= 15 is 0 Å². The Kier molecular flexibility index (Phi) is 8.37. The van der Waals surface area contributed by atoms with Gasteiger partial charge in [-0.3, -0.25) is 0 Å². The van der Waals surface area contributed by atoms with E-state index in [0.29, 0.717) is 12.5 Å². The number of rotatable bonds is 9. The molecular weight excluding hydrogens is 334 g/mol. The Morgan fingerprint density at radius 1 is 0.889 bits per heavy atom. The zero-order valence-electron chi connectivity index (χ0n) is 19.4. The Morgan fingerprint density at radius 3 is 1.85 bits per heavy atom. The van der Waals surface area contributed by atoms with E-state index in [1.165, 1.54) is 24.8 Å². The molecule has 0 spiro atoms. The van der Waals surface area contributed by atoms with Crippen molar-refractivity contribution in [1.29, 1.82) is 0 Å². The average molecular weight is 379 g/mol. The highest BCUT2D eigenvalue weighted by atomic mass is 16.5. The van der Waals surface area contributed by atoms with Crippen molar-refractivity contribution >= 4 is 0 Å². The van der Waals surface area contributed by atoms with E-state index < -0.39 is 0 Å². The molecule has 0 heterocycles. The van der Waals surface area contributed by atoms with Gasteiger partial charge in [0.15, 0.2) is 6.73 Å². The minimum atomic E-state index is -0.0903. The van der Waals surface area contributed by atoms with Crippen LogP contribution in [0.2, 0.25) is 0 Å². The van der Waals surface area contributed by atoms with Crippen molar-refractivity contribution in [3.8, 4) is 5.75 Å². The van der Waals surface area contributed by atoms with E-state index in [4.69, 9.17) is 4.74 Å². The summed E-state index contributed by atoms with van der Waals surface area (Å²) >= 11 is 0. The van der Waals surface area contributed by atoms with Gasteiger partial charge in [0.25, 0.3) is 0 Å². The van der Waals surface area contributed by atoms with E-state index in [2.05, 4.69) is 74.7 Å². The zero-order chi connectivity index (χ0) is 20.9. The third kappa shape index (κ3) is 7.83. The second-order valence-corrected chi connectivity index (χ2v) is 10.7. The van der Waals surface area contributed by atoms with E-state index in [1.807, 2.05) is 0 Å². The van der Waals surface area contributed by atoms with Gasteiger partial charge in [-0.15, -0.1) is 0 Å². The maximum absolute atomic E-state index is 10.9. The summed E-state index contributed by atoms with van der Waals surface area (Å²) in [5.41, 5.74) is 3.15. The predicted octanol–water partition coefficient (Wildman–Crippen LogP) is 6.12. The molecule has 0 aliphatic heterocycles. The summed E-state index contributed by atoms with van der Waals surface area (Å²) in [4.78, 5) is 0. The van der Waals surface area contributed by atoms with Crippen molar-refractivity contribution < 1.29 is 14.3 Å². The number of ether oxygens (including phenoxy) is 1. The van der Waals surface area contributed by atoms with Crippen molar-refractivity contribution in [2.24, 2.45) is 0 Å². The molecule has 1 aromatic carbocycles. The minimum Gasteiger partial charge on any atom is -0.507 e. The van der Waals surface area contributed by atoms with Gasteiger partial charge in [-0.2, -0.15) is 0 Å². The van der Waals surface area contributed by atoms with Crippen LogP contribution in [-0.4, -0.2) is 37.0 Å². The molecule has 27 heavy (non-hydrogen) atoms. The molecule has 0 unspecified atom stereocenters. The minimum absolute atomic E-state index is 0.0903. The molecule has 0 aromatic heterocycles. The first kappa shape index (κ1) is 24.0. The van der Waals surface area contributed by atoms with Gasteiger partial charge in [0.05, 0.1) is 20.7 Å². The molecule has 1 rings (SSSR count). The summed E-state index contributed by atoms with van der Waals surface area (Å²) < 4.78 is 6.74. The molecule has 0 amide bonds. The van der Waals surface area contributed by atoms with Gasteiger partial charge in [0.2, 0.25) is 0 Å². The van der Waals surface area contributed by atoms with E-state index in [0.717, 1.165) is 35.2 Å². The topological polar surface area (TPSA) is 29.5 Å². The fourth-order valence-electron chi connectivity index (χ4n) is 3.41. The van der Waals surface area contributed by atoms with Crippen molar-refractivity contribution in [1.82, 2.24) is 0 Å². The predicted molar refractivity (Wildman–Crippen MR) is 116 cm³/mol. The number of quaternary nitrogens is 1. The van der Waals surface area contributed by atoms with Gasteiger partial charge in [-0.1, -0.05) is 67.7 Å². The summed E-state index contributed by atoms with van der Waals surface area (Å²) in [5.74, 6) is 0.455. The lowest BCUT2D eigenvalue weighted by Gasteiger charge is -2.32. The Bertz CT molecular complexity index is 556. The van der Waals surface area contributed by atoms with E-state index in [-0.39, 0.29) is 10.8 Å². The van der Waals surface area contributed by atoms with Crippen molar-refractivity contribution in [3.05, 3.63) is 28.8 Å². The SMILES string of the molecule is CCCCCCOC[N+](C)(C)Cc1cc(C(C)(C)C)c(O)c(C(C)(C)C)c1. The standard InChI is InChI=1S/C24H43NO2/c1-10-11-12-13-14-27-18-25(8,9)17-19-15-20(23(2,3)4)22(26)21(16-19)24(5,6)7/h15-16H,10-14,17-18H2,1-9H3/p+1. The van der Waals surface area contributed by atoms with Gasteiger partial charge in [0.1, 0.15) is 12.3 Å². The van der Waals surface area contributed by atoms with Crippen LogP contribution in [0.4, 0.5) is 0 Å². The Hall–Kier alpha value is -1.06. The highest BCUT2D eigenvalue weighted by Crippen LogP contribution is 2.40. The van der Waals surface area contributed by atoms with Crippen LogP contribution >= 0.6 is 0 Å². The summed E-state index contributed by atoms with van der Waals surface area (Å²) in [5, 5.41) is 10.9. The highest BCUT2D eigenvalue weighted by Gasteiger charge is 2.28. The summed E-state index contributed by atoms with van der Waals surface area (Å²) in [6.07, 6.45) is 4.95. The molecule has 0 radical (unpaired) electrons. The van der Waals surface area contributed by atoms with Crippen LogP contribution in [0, 0.1) is 0 Å². The van der Waals surface area contributed by atoms with E-state index in [9.17, 15) is 5.11 Å². The molecule has 0 saturated carbocycles. The van der Waals surface area contributed by atoms with Crippen LogP contribution in [0.1, 0.15) is 90.8 Å². The molecule has 0 aliphatic carbocycles. The summed E-state index contributed by atoms with van der Waals surface area (Å²) in [6.45, 7) is 17.7. The monoisotopic (exact) mass is 378 g/mol. The Morgan fingerprint density at radius 2 is 1.41 bits per heavy atom. The van der Waals surface area contributed by atoms with Crippen LogP contribution in [0.5, 0.6) is 5.75 Å². The molecule has 156 valence electrons. The largest absolute Gasteiger partial charge is 0.507 e. The number of nitrogens with zero attached hydrogens (tertiary/aromatic N) is 1. The van der Waals surface area contributed by atoms with Gasteiger partial charge < -0.3 is 14.3 Å². The van der Waals surface area contributed by atoms with Crippen LogP contribution in [0.15, 0.2) is 12.1 Å². The lowest BCUT2D eigenvalue weighted by atomic mass is 9.78. The fraction of sp³-hybridized carbons (Fsp3) is 0.750. The molecule has 0 aliphatic rings. The Labute approximate surface area is 168 Å². The first-order chi connectivity index (χ1) is 12.3. The molecule has 0 saturated heterocycles. The smallest absolute Gasteiger partial charge is 0.182 e. The first-order valence-corrected chi connectivity index (χ1v) is 10.5. The molecule has 0 atom stereocenters. The van der Waals surface area contributed by atoms with Gasteiger partial charge >= 0.3 is 0 Å². The van der Waals surface area contributed by atoms with Crippen molar-refractivity contribution in [2.45, 2.75) is 91.5 Å². The second-order valence-electron chi connectivity index (χ2n) is 10.7. The number of phenols is 1. The number of phenolic OH excluding ortho intramolecular Hbond substituents is 1. The van der Waals surface area contributed by atoms with Gasteiger partial charge in [0, 0.05) is 16.7 Å². The number of hydrogen-bond acceptors (Lipinski definition) is 2. The van der Waals surface area contributed by atoms with Crippen molar-refractivity contribution in [3.63, 3.8) is 0 Å². The third-order valence-corrected chi connectivity index (χ3v) is 4.98. The molecule has 0 fully saturated rings. The fourth-order valence-corrected chi connectivity index (χ4v) is 3.41. The van der Waals surface area contributed by atoms with Crippen molar-refractivity contribution in [2.75, 3.05) is 27.4 Å². The number of unbranched alkanes of at least 4 members (excludes halogenated alkanes) is 3. The lowest BCUT2D eigenvalue weighted by Crippen LogP contribution is -2.41. The normalized spacial score (nSPS) is 13.2. The third-order valence-electron chi connectivity index (χ3n) is 4.98. The molecule has 1 N–H and O–H groups in total. The quantitative estimate of drug-likeness (QED) is 0.319. The molecule has 3 nitrogen and oxygen atoms in total. The summed E-state index contributed by atoms with van der Waals surface area (Å²) in [6, 6.07) is 4.37. The highest BCUT2D eigenvalue weighted by molar-refractivity contribution is 5.49. The number of aromatic hydroxyl groups is 1. The van der Waals surface area contributed by atoms with E-state index in [1.54, 1.807) is 0 Å². The first-order valence-electron chi connectivity index (χ1n) is 10.5. The second kappa shape index (κ2) is 9.43. The molecule has 1 aromatic rings. The van der Waals surface area contributed by atoms with Crippen LogP contribution in [-0.2, 0) is 22.1 Å². The van der Waals surface area contributed by atoms with Crippen LogP contribution in [0.25, 0.3) is 0 Å². The van der Waals surface area contributed by atoms with Crippen LogP contribution < -0.4 is 0 Å². The molecule has 0 bridgehead atoms. The van der Waals surface area contributed by atoms with Crippen LogP contribution in [0.3, 0.4) is 0 Å². The lowest BCUT2D eigenvalue weighted by molar-refractivity contribution is -0.922. The molecular formula is C24H44NO2+. The number of benzene rings is 1. The van der Waals surface area contributed by atoms with Gasteiger partial charge in [-0.25, -0.2) is 0 Å². The Balaban J connectivity index is 2.95.